The van der Waals surface area contributed by atoms with Gasteiger partial charge in [-0.2, -0.15) is 5.10 Å². The van der Waals surface area contributed by atoms with Crippen molar-refractivity contribution in [1.29, 1.82) is 0 Å². The zero-order chi connectivity index (χ0) is 25.2. The number of aromatic nitrogens is 4. The molecule has 0 unspecified atom stereocenters. The molecule has 1 aliphatic heterocycles. The first kappa shape index (κ1) is 24.2. The summed E-state index contributed by atoms with van der Waals surface area (Å²) in [6.45, 7) is 10.1. The van der Waals surface area contributed by atoms with Crippen molar-refractivity contribution in [2.45, 2.75) is 33.3 Å². The van der Waals surface area contributed by atoms with E-state index in [2.05, 4.69) is 20.6 Å². The monoisotopic (exact) mass is 481 g/mol. The van der Waals surface area contributed by atoms with E-state index in [-0.39, 0.29) is 12.0 Å². The molecular weight excluding hydrogens is 450 g/mol. The van der Waals surface area contributed by atoms with Crippen LogP contribution in [0.2, 0.25) is 0 Å². The lowest BCUT2D eigenvalue weighted by Gasteiger charge is -2.35. The number of ether oxygens (including phenoxy) is 2. The van der Waals surface area contributed by atoms with Gasteiger partial charge in [0.05, 0.1) is 17.7 Å². The Bertz CT molecular complexity index is 1210. The molecule has 0 bridgehead atoms. The summed E-state index contributed by atoms with van der Waals surface area (Å²) in [5.74, 6) is 1.13. The second-order valence-corrected chi connectivity index (χ2v) is 9.33. The van der Waals surface area contributed by atoms with Crippen LogP contribution in [0.1, 0.15) is 38.1 Å². The summed E-state index contributed by atoms with van der Waals surface area (Å²) in [4.78, 5) is 29.0. The van der Waals surface area contributed by atoms with Crippen LogP contribution in [0.5, 0.6) is 5.75 Å². The molecule has 2 amide bonds. The highest BCUT2D eigenvalue weighted by Gasteiger charge is 2.26. The molecule has 35 heavy (non-hydrogen) atoms. The Labute approximate surface area is 204 Å². The quantitative estimate of drug-likeness (QED) is 0.591. The number of nitrogens with one attached hydrogen (secondary N) is 1. The Morgan fingerprint density at radius 3 is 2.46 bits per heavy atom. The first-order valence-corrected chi connectivity index (χ1v) is 11.6. The van der Waals surface area contributed by atoms with E-state index in [0.717, 1.165) is 10.9 Å². The number of carbonyl (C=O) groups is 2. The number of fused-ring (bicyclic) bond motifs is 1. The highest BCUT2D eigenvalue weighted by atomic mass is 16.6. The number of hydrogen-bond donors (Lipinski definition) is 1. The Morgan fingerprint density at radius 1 is 1.09 bits per heavy atom. The SMILES string of the molecule is CCOc1cc2nn(C)cc2cc1C(=O)Nc1ccc(N2CCN(C(=O)OC(C)(C)C)CC2)nn1. The van der Waals surface area contributed by atoms with Gasteiger partial charge < -0.3 is 24.6 Å². The van der Waals surface area contributed by atoms with Gasteiger partial charge in [-0.1, -0.05) is 0 Å². The van der Waals surface area contributed by atoms with Gasteiger partial charge in [0.2, 0.25) is 0 Å². The Morgan fingerprint density at radius 2 is 1.83 bits per heavy atom. The topological polar surface area (TPSA) is 115 Å². The maximum atomic E-state index is 13.0. The average molecular weight is 482 g/mol. The van der Waals surface area contributed by atoms with Crippen molar-refractivity contribution in [2.24, 2.45) is 7.05 Å². The molecule has 3 aromatic rings. The van der Waals surface area contributed by atoms with Gasteiger partial charge in [0, 0.05) is 50.9 Å². The molecule has 1 aliphatic rings. The summed E-state index contributed by atoms with van der Waals surface area (Å²) in [7, 11) is 1.83. The molecule has 11 nitrogen and oxygen atoms in total. The number of carbonyl (C=O) groups excluding carboxylic acids is 2. The molecule has 0 radical (unpaired) electrons. The molecule has 1 N–H and O–H groups in total. The molecular formula is C24H31N7O4. The average Bonchev–Trinajstić information content (AvgIpc) is 3.17. The first-order valence-electron chi connectivity index (χ1n) is 11.6. The van der Waals surface area contributed by atoms with E-state index in [1.54, 1.807) is 33.8 Å². The number of amides is 2. The van der Waals surface area contributed by atoms with Gasteiger partial charge >= 0.3 is 6.09 Å². The molecule has 2 aromatic heterocycles. The fourth-order valence-corrected chi connectivity index (χ4v) is 3.82. The van der Waals surface area contributed by atoms with Gasteiger partial charge in [-0.05, 0) is 45.9 Å². The Hall–Kier alpha value is -3.89. The second kappa shape index (κ2) is 9.77. The molecule has 0 atom stereocenters. The van der Waals surface area contributed by atoms with Gasteiger partial charge in [-0.3, -0.25) is 9.48 Å². The third-order valence-electron chi connectivity index (χ3n) is 5.41. The molecule has 1 aromatic carbocycles. The fraction of sp³-hybridized carbons (Fsp3) is 0.458. The van der Waals surface area contributed by atoms with Crippen molar-refractivity contribution in [3.05, 3.63) is 36.0 Å². The van der Waals surface area contributed by atoms with E-state index in [9.17, 15) is 9.59 Å². The predicted molar refractivity (Wildman–Crippen MR) is 132 cm³/mol. The van der Waals surface area contributed by atoms with E-state index in [1.807, 2.05) is 45.8 Å². The smallest absolute Gasteiger partial charge is 0.410 e. The van der Waals surface area contributed by atoms with Gasteiger partial charge in [-0.25, -0.2) is 4.79 Å². The number of anilines is 2. The van der Waals surface area contributed by atoms with Gasteiger partial charge in [-0.15, -0.1) is 10.2 Å². The minimum Gasteiger partial charge on any atom is -0.493 e. The first-order chi connectivity index (χ1) is 16.6. The Kier molecular flexibility index (Phi) is 6.77. The van der Waals surface area contributed by atoms with Crippen LogP contribution in [-0.2, 0) is 11.8 Å². The number of hydrogen-bond acceptors (Lipinski definition) is 8. The molecule has 3 heterocycles. The number of rotatable bonds is 5. The molecule has 0 spiro atoms. The molecule has 0 aliphatic carbocycles. The maximum absolute atomic E-state index is 13.0. The van der Waals surface area contributed by atoms with Crippen molar-refractivity contribution in [3.8, 4) is 5.75 Å². The van der Waals surface area contributed by atoms with E-state index in [0.29, 0.717) is 55.7 Å². The van der Waals surface area contributed by atoms with E-state index in [4.69, 9.17) is 9.47 Å². The highest BCUT2D eigenvalue weighted by Crippen LogP contribution is 2.26. The highest BCUT2D eigenvalue weighted by molar-refractivity contribution is 6.08. The van der Waals surface area contributed by atoms with Crippen LogP contribution in [0.25, 0.3) is 10.9 Å². The minimum absolute atomic E-state index is 0.308. The standard InChI is InChI=1S/C24H31N7O4/c1-6-34-19-14-18-16(15-29(5)28-18)13-17(19)22(32)25-20-7-8-21(27-26-20)30-9-11-31(12-10-30)23(33)35-24(2,3)4/h7-8,13-15H,6,9-12H2,1-5H3,(H,25,26,32). The summed E-state index contributed by atoms with van der Waals surface area (Å²) in [6, 6.07) is 7.04. The van der Waals surface area contributed by atoms with Gasteiger partial charge in [0.15, 0.2) is 11.6 Å². The van der Waals surface area contributed by atoms with Crippen molar-refractivity contribution in [2.75, 3.05) is 43.0 Å². The number of piperazine rings is 1. The van der Waals surface area contributed by atoms with E-state index >= 15 is 0 Å². The lowest BCUT2D eigenvalue weighted by Crippen LogP contribution is -2.50. The largest absolute Gasteiger partial charge is 0.493 e. The normalized spacial score (nSPS) is 14.2. The number of nitrogens with zero attached hydrogens (tertiary/aromatic N) is 6. The number of aryl methyl sites for hydroxylation is 1. The zero-order valence-electron chi connectivity index (χ0n) is 20.7. The third kappa shape index (κ3) is 5.79. The fourth-order valence-electron chi connectivity index (χ4n) is 3.82. The van der Waals surface area contributed by atoms with E-state index in [1.165, 1.54) is 0 Å². The van der Waals surface area contributed by atoms with Crippen LogP contribution >= 0.6 is 0 Å². The molecule has 1 saturated heterocycles. The molecule has 0 saturated carbocycles. The van der Waals surface area contributed by atoms with Crippen LogP contribution in [0.15, 0.2) is 30.5 Å². The maximum Gasteiger partial charge on any atom is 0.410 e. The predicted octanol–water partition coefficient (Wildman–Crippen LogP) is 3.07. The molecule has 1 fully saturated rings. The zero-order valence-corrected chi connectivity index (χ0v) is 20.7. The van der Waals surface area contributed by atoms with Gasteiger partial charge in [0.1, 0.15) is 11.4 Å². The van der Waals surface area contributed by atoms with Crippen LogP contribution in [0.3, 0.4) is 0 Å². The van der Waals surface area contributed by atoms with Crippen LogP contribution < -0.4 is 15.0 Å². The molecule has 186 valence electrons. The minimum atomic E-state index is -0.521. The molecule has 11 heteroatoms. The van der Waals surface area contributed by atoms with E-state index < -0.39 is 5.60 Å². The number of benzene rings is 1. The summed E-state index contributed by atoms with van der Waals surface area (Å²) in [5, 5.41) is 16.5. The Balaban J connectivity index is 1.40. The summed E-state index contributed by atoms with van der Waals surface area (Å²) >= 11 is 0. The van der Waals surface area contributed by atoms with Gasteiger partial charge in [0.25, 0.3) is 5.91 Å². The summed E-state index contributed by atoms with van der Waals surface area (Å²) in [6.07, 6.45) is 1.54. The van der Waals surface area contributed by atoms with Crippen molar-refractivity contribution in [3.63, 3.8) is 0 Å². The lowest BCUT2D eigenvalue weighted by atomic mass is 10.1. The van der Waals surface area contributed by atoms with Crippen molar-refractivity contribution in [1.82, 2.24) is 24.9 Å². The van der Waals surface area contributed by atoms with Crippen molar-refractivity contribution >= 4 is 34.5 Å². The van der Waals surface area contributed by atoms with Crippen molar-refractivity contribution < 1.29 is 19.1 Å². The van der Waals surface area contributed by atoms with Crippen LogP contribution in [0.4, 0.5) is 16.4 Å². The molecule has 4 rings (SSSR count). The lowest BCUT2D eigenvalue weighted by molar-refractivity contribution is 0.0240. The third-order valence-corrected chi connectivity index (χ3v) is 5.41. The summed E-state index contributed by atoms with van der Waals surface area (Å²) < 4.78 is 12.8. The second-order valence-electron chi connectivity index (χ2n) is 9.33. The van der Waals surface area contributed by atoms with Crippen LogP contribution in [0, 0.1) is 0 Å². The van der Waals surface area contributed by atoms with Crippen LogP contribution in [-0.4, -0.2) is 75.3 Å². The summed E-state index contributed by atoms with van der Waals surface area (Å²) in [5.41, 5.74) is 0.632.